The lowest BCUT2D eigenvalue weighted by Gasteiger charge is -2.56. The number of carbonyl (C=O) groups excluding carboxylic acids is 1. The van der Waals surface area contributed by atoms with Crippen LogP contribution in [0.4, 0.5) is 17.6 Å². The van der Waals surface area contributed by atoms with E-state index in [0.29, 0.717) is 11.2 Å². The fourth-order valence-corrected chi connectivity index (χ4v) is 6.44. The number of imidazole rings is 1. The van der Waals surface area contributed by atoms with Crippen LogP contribution in [0.5, 0.6) is 11.8 Å². The number of rotatable bonds is 4. The second kappa shape index (κ2) is 9.35. The maximum Gasteiger partial charge on any atom is 0.490 e. The SMILES string of the molecule is O=C(NC12CC3CC(CC(C3)C1)C2)c1nc(Oc2ccccc2F)n2ccccc12.O=C(O)C(F)(F)F. The highest BCUT2D eigenvalue weighted by atomic mass is 19.4. The quantitative estimate of drug-likeness (QED) is 0.438. The first-order valence-corrected chi connectivity index (χ1v) is 12.0. The average molecular weight is 519 g/mol. The zero-order valence-electron chi connectivity index (χ0n) is 19.7. The molecule has 2 aromatic heterocycles. The second-order valence-corrected chi connectivity index (χ2v) is 10.2. The molecule has 1 amide bonds. The largest absolute Gasteiger partial charge is 0.490 e. The number of ether oxygens (including phenoxy) is 1. The van der Waals surface area contributed by atoms with Crippen LogP contribution >= 0.6 is 0 Å². The topological polar surface area (TPSA) is 92.9 Å². The molecule has 4 aliphatic carbocycles. The molecule has 0 unspecified atom stereocenters. The molecule has 4 fully saturated rings. The molecule has 0 radical (unpaired) electrons. The predicted molar refractivity (Wildman–Crippen MR) is 124 cm³/mol. The number of hydrogen-bond acceptors (Lipinski definition) is 4. The number of aromatic nitrogens is 2. The minimum absolute atomic E-state index is 0.0845. The van der Waals surface area contributed by atoms with Crippen LogP contribution in [0, 0.1) is 23.6 Å². The van der Waals surface area contributed by atoms with Gasteiger partial charge in [0.15, 0.2) is 17.3 Å². The number of para-hydroxylation sites is 1. The molecule has 7 nitrogen and oxygen atoms in total. The minimum atomic E-state index is -5.08. The smallest absolute Gasteiger partial charge is 0.475 e. The Morgan fingerprint density at radius 3 is 2.14 bits per heavy atom. The Morgan fingerprint density at radius 2 is 1.57 bits per heavy atom. The normalized spacial score (nSPS) is 25.9. The standard InChI is InChI=1S/C24H24FN3O2.C2HF3O2/c25-18-5-1-2-7-20(18)30-23-26-21(19-6-3-4-8-28(19)23)22(29)27-24-12-15-9-16(13-24)11-17(10-15)14-24;3-2(4,5)1(6)7/h1-8,15-17H,9-14H2,(H,27,29);(H,6,7). The van der Waals surface area contributed by atoms with Crippen molar-refractivity contribution in [2.45, 2.75) is 50.2 Å². The first kappa shape index (κ1) is 25.0. The van der Waals surface area contributed by atoms with Gasteiger partial charge in [-0.15, -0.1) is 0 Å². The Kier molecular flexibility index (Phi) is 6.33. The van der Waals surface area contributed by atoms with Crippen LogP contribution in [0.2, 0.25) is 0 Å². The van der Waals surface area contributed by atoms with Crippen LogP contribution in [0.1, 0.15) is 49.0 Å². The highest BCUT2D eigenvalue weighted by Gasteiger charge is 2.51. The summed E-state index contributed by atoms with van der Waals surface area (Å²) in [4.78, 5) is 26.7. The van der Waals surface area contributed by atoms with E-state index >= 15 is 0 Å². The van der Waals surface area contributed by atoms with Crippen molar-refractivity contribution in [1.82, 2.24) is 14.7 Å². The van der Waals surface area contributed by atoms with E-state index in [1.165, 1.54) is 25.3 Å². The number of alkyl halides is 3. The molecule has 196 valence electrons. The lowest BCUT2D eigenvalue weighted by Crippen LogP contribution is -2.59. The van der Waals surface area contributed by atoms with Gasteiger partial charge in [-0.2, -0.15) is 18.2 Å². The number of nitrogens with one attached hydrogen (secondary N) is 1. The number of nitrogens with zero attached hydrogens (tertiary/aromatic N) is 2. The molecule has 4 saturated carbocycles. The summed E-state index contributed by atoms with van der Waals surface area (Å²) >= 11 is 0. The molecule has 0 aliphatic heterocycles. The fraction of sp³-hybridized carbons (Fsp3) is 0.423. The molecule has 7 rings (SSSR count). The van der Waals surface area contributed by atoms with Crippen molar-refractivity contribution in [2.24, 2.45) is 17.8 Å². The highest BCUT2D eigenvalue weighted by Crippen LogP contribution is 2.55. The summed E-state index contributed by atoms with van der Waals surface area (Å²) in [6.07, 6.45) is 3.90. The number of halogens is 4. The van der Waals surface area contributed by atoms with E-state index in [9.17, 15) is 22.4 Å². The maximum atomic E-state index is 14.1. The first-order valence-electron chi connectivity index (χ1n) is 12.0. The highest BCUT2D eigenvalue weighted by molar-refractivity contribution is 5.99. The van der Waals surface area contributed by atoms with Crippen molar-refractivity contribution in [3.63, 3.8) is 0 Å². The molecule has 1 aromatic carbocycles. The van der Waals surface area contributed by atoms with Gasteiger partial charge in [0.25, 0.3) is 5.91 Å². The third-order valence-electron chi connectivity index (χ3n) is 7.43. The van der Waals surface area contributed by atoms with Gasteiger partial charge in [0.05, 0.1) is 5.52 Å². The van der Waals surface area contributed by atoms with Crippen molar-refractivity contribution in [1.29, 1.82) is 0 Å². The van der Waals surface area contributed by atoms with E-state index < -0.39 is 18.0 Å². The zero-order valence-corrected chi connectivity index (χ0v) is 19.7. The Morgan fingerprint density at radius 1 is 1.00 bits per heavy atom. The molecule has 37 heavy (non-hydrogen) atoms. The molecular formula is C26H25F4N3O4. The molecule has 0 atom stereocenters. The van der Waals surface area contributed by atoms with E-state index in [2.05, 4.69) is 10.3 Å². The van der Waals surface area contributed by atoms with E-state index in [0.717, 1.165) is 37.0 Å². The molecule has 4 bridgehead atoms. The Labute approximate surface area is 209 Å². The zero-order chi connectivity index (χ0) is 26.4. The molecule has 0 spiro atoms. The lowest BCUT2D eigenvalue weighted by molar-refractivity contribution is -0.192. The van der Waals surface area contributed by atoms with Crippen LogP contribution in [0.3, 0.4) is 0 Å². The van der Waals surface area contributed by atoms with E-state index in [1.54, 1.807) is 28.8 Å². The average Bonchev–Trinajstić information content (AvgIpc) is 3.18. The molecule has 2 heterocycles. The number of carboxylic acid groups (broad SMARTS) is 1. The van der Waals surface area contributed by atoms with Gasteiger partial charge in [-0.25, -0.2) is 9.18 Å². The van der Waals surface area contributed by atoms with Crippen molar-refractivity contribution in [3.8, 4) is 11.8 Å². The van der Waals surface area contributed by atoms with Crippen LogP contribution < -0.4 is 10.1 Å². The van der Waals surface area contributed by atoms with E-state index in [-0.39, 0.29) is 23.2 Å². The Bertz CT molecular complexity index is 1300. The van der Waals surface area contributed by atoms with Gasteiger partial charge >= 0.3 is 18.2 Å². The summed E-state index contributed by atoms with van der Waals surface area (Å²) in [5.74, 6) is -1.07. The van der Waals surface area contributed by atoms with Crippen LogP contribution in [0.25, 0.3) is 5.52 Å². The molecule has 2 N–H and O–H groups in total. The molecule has 11 heteroatoms. The number of carboxylic acids is 1. The summed E-state index contributed by atoms with van der Waals surface area (Å²) in [7, 11) is 0. The predicted octanol–water partition coefficient (Wildman–Crippen LogP) is 5.60. The second-order valence-electron chi connectivity index (χ2n) is 10.2. The van der Waals surface area contributed by atoms with Gasteiger partial charge in [-0.1, -0.05) is 18.2 Å². The molecule has 3 aromatic rings. The number of pyridine rings is 1. The summed E-state index contributed by atoms with van der Waals surface area (Å²) in [6, 6.07) is 11.9. The van der Waals surface area contributed by atoms with Gasteiger partial charge in [-0.05, 0) is 80.5 Å². The molecular weight excluding hydrogens is 494 g/mol. The minimum Gasteiger partial charge on any atom is -0.475 e. The van der Waals surface area contributed by atoms with Gasteiger partial charge in [0.2, 0.25) is 0 Å². The number of hydrogen-bond donors (Lipinski definition) is 2. The van der Waals surface area contributed by atoms with E-state index in [1.807, 2.05) is 18.2 Å². The summed E-state index contributed by atoms with van der Waals surface area (Å²) in [6.45, 7) is 0. The van der Waals surface area contributed by atoms with Gasteiger partial charge in [0.1, 0.15) is 0 Å². The monoisotopic (exact) mass is 519 g/mol. The summed E-state index contributed by atoms with van der Waals surface area (Å²) in [5, 5.41) is 10.5. The number of aliphatic carboxylic acids is 1. The van der Waals surface area contributed by atoms with Crippen molar-refractivity contribution in [3.05, 3.63) is 60.2 Å². The van der Waals surface area contributed by atoms with Crippen LogP contribution in [-0.4, -0.2) is 38.1 Å². The molecule has 0 saturated heterocycles. The van der Waals surface area contributed by atoms with E-state index in [4.69, 9.17) is 14.6 Å². The number of carbonyl (C=O) groups is 2. The number of benzene rings is 1. The van der Waals surface area contributed by atoms with Gasteiger partial charge in [-0.3, -0.25) is 9.20 Å². The maximum absolute atomic E-state index is 14.1. The van der Waals surface area contributed by atoms with Gasteiger partial charge < -0.3 is 15.2 Å². The molecule has 4 aliphatic rings. The summed E-state index contributed by atoms with van der Waals surface area (Å²) < 4.78 is 53.3. The van der Waals surface area contributed by atoms with Gasteiger partial charge in [0, 0.05) is 11.7 Å². The number of fused-ring (bicyclic) bond motifs is 1. The lowest BCUT2D eigenvalue weighted by atomic mass is 9.53. The van der Waals surface area contributed by atoms with Crippen molar-refractivity contribution >= 4 is 17.4 Å². The third-order valence-corrected chi connectivity index (χ3v) is 7.43. The van der Waals surface area contributed by atoms with Crippen LogP contribution in [-0.2, 0) is 4.79 Å². The van der Waals surface area contributed by atoms with Crippen LogP contribution in [0.15, 0.2) is 48.7 Å². The van der Waals surface area contributed by atoms with Crippen molar-refractivity contribution in [2.75, 3.05) is 0 Å². The summed E-state index contributed by atoms with van der Waals surface area (Å²) in [5.41, 5.74) is 0.895. The third kappa shape index (κ3) is 5.12. The fourth-order valence-electron chi connectivity index (χ4n) is 6.44. The Balaban J connectivity index is 0.000000355. The first-order chi connectivity index (χ1) is 17.5. The van der Waals surface area contributed by atoms with Crippen molar-refractivity contribution < 1.29 is 37.0 Å². The number of amides is 1. The Hall–Kier alpha value is -3.63.